The summed E-state index contributed by atoms with van der Waals surface area (Å²) in [6.07, 6.45) is 3.69. The van der Waals surface area contributed by atoms with Gasteiger partial charge in [-0.2, -0.15) is 0 Å². The van der Waals surface area contributed by atoms with E-state index in [9.17, 15) is 0 Å². The number of rotatable bonds is 2. The molecule has 0 saturated heterocycles. The lowest BCUT2D eigenvalue weighted by Crippen LogP contribution is -2.06. The number of hydrogen-bond acceptors (Lipinski definition) is 3. The fraction of sp³-hybridized carbons (Fsp3) is 0.200. The van der Waals surface area contributed by atoms with Gasteiger partial charge in [-0.1, -0.05) is 6.07 Å². The van der Waals surface area contributed by atoms with Crippen LogP contribution in [-0.4, -0.2) is 14.5 Å². The van der Waals surface area contributed by atoms with Crippen LogP contribution in [0.5, 0.6) is 0 Å². The molecule has 0 atom stereocenters. The van der Waals surface area contributed by atoms with Gasteiger partial charge in [0.05, 0.1) is 17.6 Å². The van der Waals surface area contributed by atoms with E-state index < -0.39 is 0 Å². The highest BCUT2D eigenvalue weighted by molar-refractivity contribution is 5.79. The van der Waals surface area contributed by atoms with Crippen LogP contribution in [0.25, 0.3) is 11.0 Å². The van der Waals surface area contributed by atoms with E-state index in [1.54, 1.807) is 6.20 Å². The lowest BCUT2D eigenvalue weighted by Gasteiger charge is -2.08. The van der Waals surface area contributed by atoms with Gasteiger partial charge in [-0.15, -0.1) is 0 Å². The third-order valence-corrected chi connectivity index (χ3v) is 3.41. The van der Waals surface area contributed by atoms with Gasteiger partial charge in [0.2, 0.25) is 5.95 Å². The lowest BCUT2D eigenvalue weighted by molar-refractivity contribution is 0.826. The molecule has 0 unspecified atom stereocenters. The third-order valence-electron chi connectivity index (χ3n) is 3.41. The average molecular weight is 252 g/mol. The summed E-state index contributed by atoms with van der Waals surface area (Å²) in [5, 5.41) is 0. The molecule has 96 valence electrons. The molecule has 0 aliphatic heterocycles. The molecule has 0 bridgehead atoms. The summed E-state index contributed by atoms with van der Waals surface area (Å²) in [4.78, 5) is 8.60. The van der Waals surface area contributed by atoms with Gasteiger partial charge in [-0.3, -0.25) is 4.98 Å². The zero-order chi connectivity index (χ0) is 13.4. The van der Waals surface area contributed by atoms with Crippen molar-refractivity contribution in [2.75, 3.05) is 5.73 Å². The third kappa shape index (κ3) is 2.05. The maximum Gasteiger partial charge on any atom is 0.201 e. The topological polar surface area (TPSA) is 56.7 Å². The van der Waals surface area contributed by atoms with E-state index >= 15 is 0 Å². The van der Waals surface area contributed by atoms with E-state index in [0.29, 0.717) is 12.5 Å². The van der Waals surface area contributed by atoms with Gasteiger partial charge < -0.3 is 10.3 Å². The van der Waals surface area contributed by atoms with Crippen molar-refractivity contribution in [3.8, 4) is 0 Å². The maximum atomic E-state index is 6.03. The Hall–Kier alpha value is -2.36. The number of benzene rings is 1. The van der Waals surface area contributed by atoms with E-state index in [2.05, 4.69) is 42.0 Å². The zero-order valence-corrected chi connectivity index (χ0v) is 11.1. The number of imidazole rings is 1. The van der Waals surface area contributed by atoms with Crippen molar-refractivity contribution in [1.82, 2.24) is 14.5 Å². The molecule has 0 aliphatic carbocycles. The largest absolute Gasteiger partial charge is 0.369 e. The predicted octanol–water partition coefficient (Wildman–Crippen LogP) is 2.68. The number of nitrogen functional groups attached to an aromatic ring is 1. The van der Waals surface area contributed by atoms with E-state index in [1.807, 2.05) is 16.8 Å². The molecule has 0 aliphatic rings. The van der Waals surface area contributed by atoms with Gasteiger partial charge in [0.15, 0.2) is 0 Å². The molecule has 4 nitrogen and oxygen atoms in total. The van der Waals surface area contributed by atoms with Crippen LogP contribution < -0.4 is 5.73 Å². The summed E-state index contributed by atoms with van der Waals surface area (Å²) in [6.45, 7) is 4.83. The number of nitrogens with two attached hydrogens (primary N) is 1. The average Bonchev–Trinajstić information content (AvgIpc) is 2.68. The minimum absolute atomic E-state index is 0.545. The number of aromatic nitrogens is 3. The van der Waals surface area contributed by atoms with E-state index in [-0.39, 0.29) is 0 Å². The molecule has 3 rings (SSSR count). The Kier molecular flexibility index (Phi) is 2.71. The van der Waals surface area contributed by atoms with Crippen molar-refractivity contribution in [2.45, 2.75) is 20.4 Å². The SMILES string of the molecule is Cc1ccc2c(c1)nc(N)n2Cc1cnccc1C. The Morgan fingerprint density at radius 1 is 1.21 bits per heavy atom. The number of anilines is 1. The Morgan fingerprint density at radius 3 is 2.84 bits per heavy atom. The molecule has 0 amide bonds. The molecule has 0 spiro atoms. The van der Waals surface area contributed by atoms with Gasteiger partial charge >= 0.3 is 0 Å². The van der Waals surface area contributed by atoms with E-state index in [0.717, 1.165) is 16.6 Å². The fourth-order valence-electron chi connectivity index (χ4n) is 2.26. The highest BCUT2D eigenvalue weighted by Gasteiger charge is 2.09. The van der Waals surface area contributed by atoms with Gasteiger partial charge in [0.25, 0.3) is 0 Å². The van der Waals surface area contributed by atoms with Gasteiger partial charge in [-0.05, 0) is 48.7 Å². The summed E-state index contributed by atoms with van der Waals surface area (Å²) in [5.74, 6) is 0.545. The maximum absolute atomic E-state index is 6.03. The highest BCUT2D eigenvalue weighted by Crippen LogP contribution is 2.21. The molecule has 2 heterocycles. The quantitative estimate of drug-likeness (QED) is 0.763. The molecule has 4 heteroatoms. The summed E-state index contributed by atoms with van der Waals surface area (Å²) >= 11 is 0. The fourth-order valence-corrected chi connectivity index (χ4v) is 2.26. The molecular weight excluding hydrogens is 236 g/mol. The molecule has 0 fully saturated rings. The Labute approximate surface area is 111 Å². The molecule has 0 saturated carbocycles. The molecular formula is C15H16N4. The first-order valence-corrected chi connectivity index (χ1v) is 6.27. The molecule has 1 aromatic carbocycles. The van der Waals surface area contributed by atoms with Crippen molar-refractivity contribution in [3.63, 3.8) is 0 Å². The summed E-state index contributed by atoms with van der Waals surface area (Å²) in [7, 11) is 0. The summed E-state index contributed by atoms with van der Waals surface area (Å²) < 4.78 is 2.03. The first-order chi connectivity index (χ1) is 9.15. The van der Waals surface area contributed by atoms with Gasteiger partial charge in [0.1, 0.15) is 0 Å². The number of aryl methyl sites for hydroxylation is 2. The minimum atomic E-state index is 0.545. The summed E-state index contributed by atoms with van der Waals surface area (Å²) in [5.41, 5.74) is 11.6. The van der Waals surface area contributed by atoms with Crippen LogP contribution in [-0.2, 0) is 6.54 Å². The first kappa shape index (κ1) is 11.7. The van der Waals surface area contributed by atoms with Crippen molar-refractivity contribution < 1.29 is 0 Å². The van der Waals surface area contributed by atoms with Gasteiger partial charge in [0, 0.05) is 12.4 Å². The van der Waals surface area contributed by atoms with Crippen LogP contribution in [0.15, 0.2) is 36.7 Å². The first-order valence-electron chi connectivity index (χ1n) is 6.27. The summed E-state index contributed by atoms with van der Waals surface area (Å²) in [6, 6.07) is 8.21. The molecule has 0 radical (unpaired) electrons. The van der Waals surface area contributed by atoms with Crippen molar-refractivity contribution in [1.29, 1.82) is 0 Å². The van der Waals surface area contributed by atoms with Crippen LogP contribution in [0.2, 0.25) is 0 Å². The number of nitrogens with zero attached hydrogens (tertiary/aromatic N) is 3. The lowest BCUT2D eigenvalue weighted by atomic mass is 10.1. The zero-order valence-electron chi connectivity index (χ0n) is 11.1. The van der Waals surface area contributed by atoms with Crippen LogP contribution in [0.4, 0.5) is 5.95 Å². The Bertz CT molecular complexity index is 743. The Balaban J connectivity index is 2.10. The Morgan fingerprint density at radius 2 is 2.05 bits per heavy atom. The molecule has 2 aromatic heterocycles. The standard InChI is InChI=1S/C15H16N4/c1-10-3-4-14-13(7-10)18-15(16)19(14)9-12-8-17-6-5-11(12)2/h3-8H,9H2,1-2H3,(H2,16,18). The number of hydrogen-bond donors (Lipinski definition) is 1. The smallest absolute Gasteiger partial charge is 0.201 e. The predicted molar refractivity (Wildman–Crippen MR) is 77.0 cm³/mol. The second-order valence-electron chi connectivity index (χ2n) is 4.85. The number of fused-ring (bicyclic) bond motifs is 1. The highest BCUT2D eigenvalue weighted by atomic mass is 15.1. The van der Waals surface area contributed by atoms with Crippen LogP contribution in [0.3, 0.4) is 0 Å². The van der Waals surface area contributed by atoms with Crippen molar-refractivity contribution in [2.24, 2.45) is 0 Å². The van der Waals surface area contributed by atoms with E-state index in [4.69, 9.17) is 5.73 Å². The molecule has 3 aromatic rings. The van der Waals surface area contributed by atoms with Gasteiger partial charge in [-0.25, -0.2) is 4.98 Å². The minimum Gasteiger partial charge on any atom is -0.369 e. The van der Waals surface area contributed by atoms with Crippen molar-refractivity contribution >= 4 is 17.0 Å². The van der Waals surface area contributed by atoms with Crippen molar-refractivity contribution in [3.05, 3.63) is 53.3 Å². The van der Waals surface area contributed by atoms with Crippen LogP contribution >= 0.6 is 0 Å². The monoisotopic (exact) mass is 252 g/mol. The molecule has 19 heavy (non-hydrogen) atoms. The van der Waals surface area contributed by atoms with Crippen LogP contribution in [0.1, 0.15) is 16.7 Å². The second-order valence-corrected chi connectivity index (χ2v) is 4.85. The number of pyridine rings is 1. The normalized spacial score (nSPS) is 11.1. The van der Waals surface area contributed by atoms with E-state index in [1.165, 1.54) is 11.1 Å². The van der Waals surface area contributed by atoms with Crippen LogP contribution in [0, 0.1) is 13.8 Å². The molecule has 2 N–H and O–H groups in total. The second kappa shape index (κ2) is 4.39.